The van der Waals surface area contributed by atoms with Crippen molar-refractivity contribution in [3.8, 4) is 0 Å². The van der Waals surface area contributed by atoms with Crippen LogP contribution in [0.25, 0.3) is 0 Å². The summed E-state index contributed by atoms with van der Waals surface area (Å²) in [7, 11) is -7.89. The largest absolute Gasteiger partial charge is 0.336 e. The molecule has 2 heterocycles. The molecule has 3 aromatic rings. The van der Waals surface area contributed by atoms with Gasteiger partial charge in [0.1, 0.15) is 12.0 Å². The second kappa shape index (κ2) is 11.6. The number of hydrogen-bond acceptors (Lipinski definition) is 5. The van der Waals surface area contributed by atoms with Crippen LogP contribution in [0.4, 0.5) is 0 Å². The van der Waals surface area contributed by atoms with Crippen LogP contribution in [-0.2, 0) is 20.0 Å². The van der Waals surface area contributed by atoms with E-state index in [1.165, 1.54) is 4.31 Å². The Bertz CT molecular complexity index is 1500. The zero-order valence-corrected chi connectivity index (χ0v) is 23.7. The molecule has 2 aliphatic heterocycles. The highest BCUT2D eigenvalue weighted by atomic mass is 32.2. The summed E-state index contributed by atoms with van der Waals surface area (Å²) in [5.41, 5.74) is 1.71. The lowest BCUT2D eigenvalue weighted by atomic mass is 10.1. The predicted molar refractivity (Wildman–Crippen MR) is 152 cm³/mol. The maximum absolute atomic E-state index is 13.8. The molecule has 2 saturated heterocycles. The molecule has 2 fully saturated rings. The van der Waals surface area contributed by atoms with E-state index in [2.05, 4.69) is 9.30 Å². The number of amidine groups is 1. The summed E-state index contributed by atoms with van der Waals surface area (Å²) in [6, 6.07) is 24.4. The van der Waals surface area contributed by atoms with Crippen LogP contribution in [0.3, 0.4) is 0 Å². The quantitative estimate of drug-likeness (QED) is 0.313. The molecule has 39 heavy (non-hydrogen) atoms. The Morgan fingerprint density at radius 2 is 1.36 bits per heavy atom. The molecule has 3 aromatic carbocycles. The SMILES string of the molecule is Cc1ccc(S(=O)(=O)N=C(CN2CCCCC2)N2CCN(S(=O)(=O)c3ccccc3)C2c2ccccc2)cc1. The van der Waals surface area contributed by atoms with E-state index in [-0.39, 0.29) is 16.3 Å². The van der Waals surface area contributed by atoms with Gasteiger partial charge in [-0.05, 0) is 62.7 Å². The molecule has 8 nitrogen and oxygen atoms in total. The summed E-state index contributed by atoms with van der Waals surface area (Å²) in [5.74, 6) is 0.358. The molecule has 0 amide bonds. The van der Waals surface area contributed by atoms with Gasteiger partial charge in [-0.2, -0.15) is 12.7 Å². The average molecular weight is 567 g/mol. The maximum atomic E-state index is 13.8. The van der Waals surface area contributed by atoms with Crippen molar-refractivity contribution in [2.24, 2.45) is 4.40 Å². The van der Waals surface area contributed by atoms with Crippen LogP contribution in [0.1, 0.15) is 36.6 Å². The first kappa shape index (κ1) is 27.5. The van der Waals surface area contributed by atoms with Gasteiger partial charge < -0.3 is 4.90 Å². The first-order chi connectivity index (χ1) is 18.8. The summed E-state index contributed by atoms with van der Waals surface area (Å²) in [5, 5.41) is 0. The standard InChI is InChI=1S/C29H34N4O4S2/c1-24-15-17-26(18-16-24)38(34,35)30-28(23-31-19-9-4-10-20-31)32-21-22-33(29(32)25-11-5-2-6-12-25)39(36,37)27-13-7-3-8-14-27/h2-3,5-8,11-18,29H,4,9-10,19-23H2,1H3. The number of aryl methyl sites for hydroxylation is 1. The van der Waals surface area contributed by atoms with Crippen LogP contribution >= 0.6 is 0 Å². The Morgan fingerprint density at radius 1 is 0.744 bits per heavy atom. The minimum Gasteiger partial charge on any atom is -0.336 e. The van der Waals surface area contributed by atoms with Crippen molar-refractivity contribution in [1.29, 1.82) is 0 Å². The highest BCUT2D eigenvalue weighted by Crippen LogP contribution is 2.36. The molecule has 0 aliphatic carbocycles. The second-order valence-electron chi connectivity index (χ2n) is 10.0. The lowest BCUT2D eigenvalue weighted by molar-refractivity contribution is 0.235. The minimum absolute atomic E-state index is 0.119. The first-order valence-electron chi connectivity index (χ1n) is 13.3. The summed E-state index contributed by atoms with van der Waals surface area (Å²) < 4.78 is 60.6. The molecule has 0 bridgehead atoms. The van der Waals surface area contributed by atoms with E-state index in [1.807, 2.05) is 42.2 Å². The third-order valence-corrected chi connectivity index (χ3v) is 10.5. The number of hydrogen-bond donors (Lipinski definition) is 0. The number of nitrogens with zero attached hydrogens (tertiary/aromatic N) is 4. The van der Waals surface area contributed by atoms with Crippen LogP contribution in [0.5, 0.6) is 0 Å². The lowest BCUT2D eigenvalue weighted by Crippen LogP contribution is -2.44. The molecule has 1 unspecified atom stereocenters. The molecule has 5 rings (SSSR count). The average Bonchev–Trinajstić information content (AvgIpc) is 3.41. The predicted octanol–water partition coefficient (Wildman–Crippen LogP) is 4.27. The number of benzene rings is 3. The highest BCUT2D eigenvalue weighted by Gasteiger charge is 2.43. The number of sulfonamides is 2. The van der Waals surface area contributed by atoms with Gasteiger partial charge in [-0.15, -0.1) is 4.40 Å². The first-order valence-corrected chi connectivity index (χ1v) is 16.1. The van der Waals surface area contributed by atoms with Gasteiger partial charge in [0.2, 0.25) is 10.0 Å². The number of rotatable bonds is 7. The third kappa shape index (κ3) is 6.09. The maximum Gasteiger partial charge on any atom is 0.283 e. The summed E-state index contributed by atoms with van der Waals surface area (Å²) in [6.07, 6.45) is 2.49. The topological polar surface area (TPSA) is 90.4 Å². The molecule has 206 valence electrons. The van der Waals surface area contributed by atoms with Gasteiger partial charge in [0.25, 0.3) is 10.0 Å². The monoisotopic (exact) mass is 566 g/mol. The Balaban J connectivity index is 1.60. The van der Waals surface area contributed by atoms with Gasteiger partial charge >= 0.3 is 0 Å². The van der Waals surface area contributed by atoms with E-state index >= 15 is 0 Å². The fourth-order valence-electron chi connectivity index (χ4n) is 5.22. The fraction of sp³-hybridized carbons (Fsp3) is 0.345. The summed E-state index contributed by atoms with van der Waals surface area (Å²) >= 11 is 0. The van der Waals surface area contributed by atoms with Crippen molar-refractivity contribution in [2.45, 2.75) is 42.1 Å². The van der Waals surface area contributed by atoms with E-state index in [0.717, 1.165) is 43.5 Å². The van der Waals surface area contributed by atoms with Crippen LogP contribution in [0.2, 0.25) is 0 Å². The highest BCUT2D eigenvalue weighted by molar-refractivity contribution is 7.90. The van der Waals surface area contributed by atoms with E-state index in [9.17, 15) is 16.8 Å². The lowest BCUT2D eigenvalue weighted by Gasteiger charge is -2.35. The molecule has 1 atom stereocenters. The van der Waals surface area contributed by atoms with Crippen LogP contribution in [-0.4, -0.2) is 69.5 Å². The Hall–Kier alpha value is -3.05. The summed E-state index contributed by atoms with van der Waals surface area (Å²) in [4.78, 5) is 4.39. The zero-order valence-electron chi connectivity index (χ0n) is 22.1. The van der Waals surface area contributed by atoms with Crippen molar-refractivity contribution < 1.29 is 16.8 Å². The van der Waals surface area contributed by atoms with Crippen molar-refractivity contribution >= 4 is 25.9 Å². The molecule has 2 aliphatic rings. The molecule has 0 radical (unpaired) electrons. The molecule has 0 N–H and O–H groups in total. The van der Waals surface area contributed by atoms with Crippen molar-refractivity contribution in [2.75, 3.05) is 32.7 Å². The molecule has 0 aromatic heterocycles. The van der Waals surface area contributed by atoms with Gasteiger partial charge in [-0.25, -0.2) is 8.42 Å². The Kier molecular flexibility index (Phi) is 8.18. The molecule has 0 saturated carbocycles. The van der Waals surface area contributed by atoms with Gasteiger partial charge in [0.15, 0.2) is 0 Å². The Labute approximate surface area is 231 Å². The Morgan fingerprint density at radius 3 is 2.00 bits per heavy atom. The second-order valence-corrected chi connectivity index (χ2v) is 13.5. The zero-order chi connectivity index (χ0) is 27.5. The normalized spacial score (nSPS) is 19.9. The number of likely N-dealkylation sites (tertiary alicyclic amines) is 1. The van der Waals surface area contributed by atoms with Gasteiger partial charge in [0, 0.05) is 13.1 Å². The van der Waals surface area contributed by atoms with Crippen molar-refractivity contribution in [3.05, 3.63) is 96.1 Å². The molecular formula is C29H34N4O4S2. The van der Waals surface area contributed by atoms with E-state index < -0.39 is 26.2 Å². The number of piperidine rings is 1. The van der Waals surface area contributed by atoms with Crippen LogP contribution in [0, 0.1) is 6.92 Å². The van der Waals surface area contributed by atoms with E-state index in [4.69, 9.17) is 0 Å². The van der Waals surface area contributed by atoms with Crippen molar-refractivity contribution in [1.82, 2.24) is 14.1 Å². The van der Waals surface area contributed by atoms with Gasteiger partial charge in [-0.1, -0.05) is 72.6 Å². The third-order valence-electron chi connectivity index (χ3n) is 7.27. The molecule has 10 heteroatoms. The van der Waals surface area contributed by atoms with E-state index in [0.29, 0.717) is 18.9 Å². The van der Waals surface area contributed by atoms with Crippen molar-refractivity contribution in [3.63, 3.8) is 0 Å². The smallest absolute Gasteiger partial charge is 0.283 e. The molecular weight excluding hydrogens is 532 g/mol. The van der Waals surface area contributed by atoms with E-state index in [1.54, 1.807) is 54.6 Å². The van der Waals surface area contributed by atoms with Crippen LogP contribution in [0.15, 0.2) is 99.1 Å². The van der Waals surface area contributed by atoms with Gasteiger partial charge in [-0.3, -0.25) is 4.90 Å². The molecule has 0 spiro atoms. The fourth-order valence-corrected chi connectivity index (χ4v) is 7.84. The van der Waals surface area contributed by atoms with Crippen LogP contribution < -0.4 is 0 Å². The summed E-state index contributed by atoms with van der Waals surface area (Å²) in [6.45, 7) is 4.45. The van der Waals surface area contributed by atoms with Gasteiger partial charge in [0.05, 0.1) is 16.3 Å². The minimum atomic E-state index is -4.02.